The van der Waals surface area contributed by atoms with Crippen LogP contribution in [-0.2, 0) is 4.74 Å². The predicted molar refractivity (Wildman–Crippen MR) is 66.1 cm³/mol. The van der Waals surface area contributed by atoms with E-state index in [2.05, 4.69) is 18.8 Å². The average Bonchev–Trinajstić information content (AvgIpc) is 2.33. The van der Waals surface area contributed by atoms with E-state index >= 15 is 0 Å². The summed E-state index contributed by atoms with van der Waals surface area (Å²) in [4.78, 5) is 0. The normalized spacial score (nSPS) is 24.9. The van der Waals surface area contributed by atoms with Crippen molar-refractivity contribution in [3.8, 4) is 11.8 Å². The first kappa shape index (κ1) is 13.5. The summed E-state index contributed by atoms with van der Waals surface area (Å²) in [5.74, 6) is 5.68. The van der Waals surface area contributed by atoms with E-state index in [1.54, 1.807) is 0 Å². The van der Waals surface area contributed by atoms with E-state index < -0.39 is 0 Å². The highest BCUT2D eigenvalue weighted by atomic mass is 16.5. The Morgan fingerprint density at radius 1 is 1.25 bits per heavy atom. The summed E-state index contributed by atoms with van der Waals surface area (Å²) in [7, 11) is 0. The van der Waals surface area contributed by atoms with Crippen LogP contribution >= 0.6 is 0 Å². The van der Waals surface area contributed by atoms with Gasteiger partial charge in [0.1, 0.15) is 12.7 Å². The molecule has 1 fully saturated rings. The molecule has 16 heavy (non-hydrogen) atoms. The number of ether oxygens (including phenoxy) is 1. The van der Waals surface area contributed by atoms with Gasteiger partial charge >= 0.3 is 0 Å². The van der Waals surface area contributed by atoms with E-state index in [9.17, 15) is 0 Å². The molecule has 0 aliphatic carbocycles. The molecule has 0 unspecified atom stereocenters. The Labute approximate surface area is 99.4 Å². The Kier molecular flexibility index (Phi) is 7.29. The second-order valence-corrected chi connectivity index (χ2v) is 4.51. The lowest BCUT2D eigenvalue weighted by Gasteiger charge is -2.27. The Morgan fingerprint density at radius 2 is 2.12 bits per heavy atom. The highest BCUT2D eigenvalue weighted by Crippen LogP contribution is 2.22. The molecule has 1 N–H and O–H groups in total. The fourth-order valence-corrected chi connectivity index (χ4v) is 2.18. The highest BCUT2D eigenvalue weighted by molar-refractivity contribution is 5.06. The van der Waals surface area contributed by atoms with Crippen molar-refractivity contribution in [1.29, 1.82) is 0 Å². The molecular weight excluding hydrogens is 200 g/mol. The molecule has 1 aliphatic heterocycles. The Bertz CT molecular complexity index is 227. The first-order chi connectivity index (χ1) is 7.86. The van der Waals surface area contributed by atoms with Gasteiger partial charge in [0.2, 0.25) is 0 Å². The zero-order chi connectivity index (χ0) is 11.6. The molecule has 1 aliphatic rings. The monoisotopic (exact) mass is 224 g/mol. The summed E-state index contributed by atoms with van der Waals surface area (Å²) in [5, 5.41) is 8.63. The van der Waals surface area contributed by atoms with Gasteiger partial charge in [0, 0.05) is 0 Å². The third-order valence-corrected chi connectivity index (χ3v) is 3.07. The molecule has 0 spiro atoms. The van der Waals surface area contributed by atoms with Crippen LogP contribution in [0, 0.1) is 11.8 Å². The molecular formula is C14H24O2. The average molecular weight is 224 g/mol. The molecule has 0 radical (unpaired) electrons. The minimum atomic E-state index is -0.0545. The molecule has 2 nitrogen and oxygen atoms in total. The van der Waals surface area contributed by atoms with Crippen molar-refractivity contribution in [1.82, 2.24) is 0 Å². The van der Waals surface area contributed by atoms with E-state index in [0.29, 0.717) is 6.10 Å². The van der Waals surface area contributed by atoms with Crippen LogP contribution in [0.5, 0.6) is 0 Å². The highest BCUT2D eigenvalue weighted by Gasteiger charge is 2.20. The number of rotatable bonds is 5. The summed E-state index contributed by atoms with van der Waals surface area (Å²) < 4.78 is 5.88. The van der Waals surface area contributed by atoms with Gasteiger partial charge in [-0.15, -0.1) is 0 Å². The fraction of sp³-hybridized carbons (Fsp3) is 0.857. The maximum Gasteiger partial charge on any atom is 0.118 e. The Balaban J connectivity index is 2.17. The van der Waals surface area contributed by atoms with Crippen molar-refractivity contribution in [2.75, 3.05) is 6.61 Å². The zero-order valence-corrected chi connectivity index (χ0v) is 10.4. The van der Waals surface area contributed by atoms with Crippen molar-refractivity contribution in [2.24, 2.45) is 0 Å². The topological polar surface area (TPSA) is 29.5 Å². The molecule has 0 amide bonds. The lowest BCUT2D eigenvalue weighted by molar-refractivity contribution is -0.0254. The lowest BCUT2D eigenvalue weighted by atomic mass is 9.99. The van der Waals surface area contributed by atoms with Crippen LogP contribution in [0.2, 0.25) is 0 Å². The van der Waals surface area contributed by atoms with Gasteiger partial charge < -0.3 is 9.84 Å². The van der Waals surface area contributed by atoms with Gasteiger partial charge in [0.15, 0.2) is 0 Å². The van der Waals surface area contributed by atoms with E-state index in [1.807, 2.05) is 0 Å². The summed E-state index contributed by atoms with van der Waals surface area (Å²) in [6, 6.07) is 0. The maximum absolute atomic E-state index is 8.63. The van der Waals surface area contributed by atoms with Gasteiger partial charge in [0.05, 0.1) is 6.10 Å². The van der Waals surface area contributed by atoms with Crippen LogP contribution in [0.1, 0.15) is 58.3 Å². The van der Waals surface area contributed by atoms with Crippen LogP contribution < -0.4 is 0 Å². The van der Waals surface area contributed by atoms with Gasteiger partial charge in [-0.3, -0.25) is 0 Å². The molecule has 2 heteroatoms. The molecule has 0 aromatic rings. The van der Waals surface area contributed by atoms with Crippen molar-refractivity contribution in [3.63, 3.8) is 0 Å². The second kappa shape index (κ2) is 8.61. The molecule has 0 aromatic heterocycles. The molecule has 2 atom stereocenters. The van der Waals surface area contributed by atoms with Crippen LogP contribution in [0.15, 0.2) is 0 Å². The molecule has 0 saturated carbocycles. The van der Waals surface area contributed by atoms with Gasteiger partial charge in [0.25, 0.3) is 0 Å². The van der Waals surface area contributed by atoms with E-state index in [1.165, 1.54) is 44.9 Å². The van der Waals surface area contributed by atoms with Gasteiger partial charge in [-0.2, -0.15) is 0 Å². The van der Waals surface area contributed by atoms with Gasteiger partial charge in [-0.1, -0.05) is 44.4 Å². The lowest BCUT2D eigenvalue weighted by Crippen LogP contribution is -2.26. The molecule has 0 bridgehead atoms. The van der Waals surface area contributed by atoms with E-state index in [-0.39, 0.29) is 12.7 Å². The number of aliphatic hydroxyl groups excluding tert-OH is 1. The minimum Gasteiger partial charge on any atom is -0.384 e. The van der Waals surface area contributed by atoms with E-state index in [0.717, 1.165) is 6.42 Å². The Hall–Kier alpha value is -0.520. The number of hydrogen-bond acceptors (Lipinski definition) is 2. The van der Waals surface area contributed by atoms with Crippen molar-refractivity contribution in [2.45, 2.75) is 70.5 Å². The van der Waals surface area contributed by atoms with Crippen molar-refractivity contribution in [3.05, 3.63) is 0 Å². The zero-order valence-electron chi connectivity index (χ0n) is 10.4. The Morgan fingerprint density at radius 3 is 2.88 bits per heavy atom. The van der Waals surface area contributed by atoms with Crippen molar-refractivity contribution >= 4 is 0 Å². The molecule has 1 rings (SSSR count). The number of hydrogen-bond donors (Lipinski definition) is 1. The third-order valence-electron chi connectivity index (χ3n) is 3.07. The third kappa shape index (κ3) is 5.53. The second-order valence-electron chi connectivity index (χ2n) is 4.51. The SMILES string of the molecule is CCCCCC[C@@H]1CCC[C@@H](C#CCO)O1. The van der Waals surface area contributed by atoms with Gasteiger partial charge in [-0.25, -0.2) is 0 Å². The van der Waals surface area contributed by atoms with Gasteiger partial charge in [-0.05, 0) is 25.7 Å². The largest absolute Gasteiger partial charge is 0.384 e. The van der Waals surface area contributed by atoms with Crippen LogP contribution in [0.25, 0.3) is 0 Å². The molecule has 92 valence electrons. The molecule has 1 saturated heterocycles. The maximum atomic E-state index is 8.63. The smallest absolute Gasteiger partial charge is 0.118 e. The number of unbranched alkanes of at least 4 members (excludes halogenated alkanes) is 3. The quantitative estimate of drug-likeness (QED) is 0.575. The summed E-state index contributed by atoms with van der Waals surface area (Å²) in [5.41, 5.74) is 0. The standard InChI is InChI=1S/C14H24O2/c1-2-3-4-5-8-13-9-6-10-14(16-13)11-7-12-15/h13-15H,2-6,8-10,12H2,1H3/t13-,14+/m1/s1. The van der Waals surface area contributed by atoms with Crippen LogP contribution in [-0.4, -0.2) is 23.9 Å². The first-order valence-corrected chi connectivity index (χ1v) is 6.61. The first-order valence-electron chi connectivity index (χ1n) is 6.61. The minimum absolute atomic E-state index is 0.0545. The number of aliphatic hydroxyl groups is 1. The molecule has 0 aromatic carbocycles. The summed E-state index contributed by atoms with van der Waals surface area (Å²) in [6.07, 6.45) is 10.3. The van der Waals surface area contributed by atoms with Crippen LogP contribution in [0.3, 0.4) is 0 Å². The fourth-order valence-electron chi connectivity index (χ4n) is 2.18. The van der Waals surface area contributed by atoms with Crippen LogP contribution in [0.4, 0.5) is 0 Å². The molecule has 1 heterocycles. The predicted octanol–water partition coefficient (Wildman–Crippen LogP) is 2.89. The summed E-state index contributed by atoms with van der Waals surface area (Å²) >= 11 is 0. The summed E-state index contributed by atoms with van der Waals surface area (Å²) in [6.45, 7) is 2.18. The van der Waals surface area contributed by atoms with Crippen molar-refractivity contribution < 1.29 is 9.84 Å². The van der Waals surface area contributed by atoms with E-state index in [4.69, 9.17) is 9.84 Å².